The van der Waals surface area contributed by atoms with Crippen LogP contribution in [0.25, 0.3) is 11.8 Å². The molecule has 3 aromatic carbocycles. The second-order valence-electron chi connectivity index (χ2n) is 9.74. The van der Waals surface area contributed by atoms with Crippen molar-refractivity contribution in [3.63, 3.8) is 0 Å². The van der Waals surface area contributed by atoms with Crippen LogP contribution >= 0.6 is 19.2 Å². The number of amides is 1. The van der Waals surface area contributed by atoms with Gasteiger partial charge in [-0.1, -0.05) is 41.9 Å². The number of carbonyl (C=O) groups excluding carboxylic acids is 1. The summed E-state index contributed by atoms with van der Waals surface area (Å²) < 4.78 is 24.9. The maximum atomic E-state index is 13.1. The topological polar surface area (TPSA) is 132 Å². The summed E-state index contributed by atoms with van der Waals surface area (Å²) in [5, 5.41) is 21.7. The minimum Gasteiger partial charge on any atom is -0.384 e. The second kappa shape index (κ2) is 16.7. The van der Waals surface area contributed by atoms with Crippen molar-refractivity contribution in [2.75, 3.05) is 43.1 Å². The quantitative estimate of drug-likeness (QED) is 0.0964. The zero-order valence-electron chi connectivity index (χ0n) is 24.7. The van der Waals surface area contributed by atoms with E-state index in [1.165, 1.54) is 17.1 Å². The van der Waals surface area contributed by atoms with E-state index in [9.17, 15) is 9.36 Å². The van der Waals surface area contributed by atoms with Gasteiger partial charge in [-0.3, -0.25) is 9.36 Å². The molecule has 44 heavy (non-hydrogen) atoms. The number of hydrogen-bond acceptors (Lipinski definition) is 9. The number of nitrogens with one attached hydrogen (secondary N) is 3. The van der Waals surface area contributed by atoms with Gasteiger partial charge in [0.15, 0.2) is 0 Å². The number of nitrogens with zero attached hydrogens (tertiary/aromatic N) is 4. The molecule has 0 spiro atoms. The van der Waals surface area contributed by atoms with E-state index in [4.69, 9.17) is 20.6 Å². The zero-order chi connectivity index (χ0) is 31.2. The Labute approximate surface area is 262 Å². The van der Waals surface area contributed by atoms with Crippen LogP contribution in [0, 0.1) is 0 Å². The molecule has 0 saturated heterocycles. The molecule has 3 N–H and O–H groups in total. The number of benzene rings is 3. The fourth-order valence-electron chi connectivity index (χ4n) is 4.47. The summed E-state index contributed by atoms with van der Waals surface area (Å²) in [7, 11) is -3.10. The lowest BCUT2D eigenvalue weighted by atomic mass is 10.1. The van der Waals surface area contributed by atoms with E-state index in [2.05, 4.69) is 31.5 Å². The summed E-state index contributed by atoms with van der Waals surface area (Å²) in [5.74, 6) is -0.244. The average molecular weight is 638 g/mol. The van der Waals surface area contributed by atoms with Crippen molar-refractivity contribution in [1.29, 1.82) is 0 Å². The first-order valence-corrected chi connectivity index (χ1v) is 16.5. The highest BCUT2D eigenvalue weighted by Crippen LogP contribution is 2.47. The molecule has 0 aliphatic rings. The maximum absolute atomic E-state index is 13.1. The maximum Gasteiger partial charge on any atom is 0.332 e. The Morgan fingerprint density at radius 1 is 1.00 bits per heavy atom. The van der Waals surface area contributed by atoms with E-state index in [0.717, 1.165) is 16.9 Å². The minimum atomic E-state index is -3.10. The molecule has 1 heterocycles. The first-order valence-electron chi connectivity index (χ1n) is 14.4. The predicted molar refractivity (Wildman–Crippen MR) is 174 cm³/mol. The molecular formula is C31H37ClN7O4P. The highest BCUT2D eigenvalue weighted by Gasteiger charge is 2.22. The van der Waals surface area contributed by atoms with Gasteiger partial charge in [-0.2, -0.15) is 4.68 Å². The molecule has 13 heteroatoms. The SMILES string of the molecule is CCOP(=O)(CCNc1ccc(NC[C@H](Cc2ccccc2)NC(=O)/C=C/c2cc(Cl)ccc2-n2cnnn2)cc1)OCC. The van der Waals surface area contributed by atoms with Crippen LogP contribution in [0.15, 0.2) is 85.2 Å². The van der Waals surface area contributed by atoms with Gasteiger partial charge in [0.1, 0.15) is 6.33 Å². The number of hydrogen-bond donors (Lipinski definition) is 3. The van der Waals surface area contributed by atoms with Crippen molar-refractivity contribution in [3.05, 3.63) is 101 Å². The van der Waals surface area contributed by atoms with Crippen LogP contribution in [-0.4, -0.2) is 64.6 Å². The van der Waals surface area contributed by atoms with E-state index in [1.54, 1.807) is 38.1 Å². The molecule has 11 nitrogen and oxygen atoms in total. The number of rotatable bonds is 17. The van der Waals surface area contributed by atoms with Crippen molar-refractivity contribution >= 4 is 42.6 Å². The first-order chi connectivity index (χ1) is 21.4. The van der Waals surface area contributed by atoms with Gasteiger partial charge in [0, 0.05) is 41.1 Å². The molecule has 1 aromatic heterocycles. The summed E-state index contributed by atoms with van der Waals surface area (Å²) in [5.41, 5.74) is 4.29. The van der Waals surface area contributed by atoms with E-state index in [1.807, 2.05) is 54.6 Å². The van der Waals surface area contributed by atoms with E-state index in [-0.39, 0.29) is 18.1 Å². The largest absolute Gasteiger partial charge is 0.384 e. The number of carbonyl (C=O) groups is 1. The van der Waals surface area contributed by atoms with Crippen molar-refractivity contribution in [2.45, 2.75) is 26.3 Å². The third-order valence-corrected chi connectivity index (χ3v) is 8.78. The molecule has 0 aliphatic carbocycles. The van der Waals surface area contributed by atoms with Gasteiger partial charge in [-0.05, 0) is 84.8 Å². The van der Waals surface area contributed by atoms with Gasteiger partial charge in [0.2, 0.25) is 5.91 Å². The third kappa shape index (κ3) is 10.3. The van der Waals surface area contributed by atoms with Gasteiger partial charge in [-0.15, -0.1) is 5.10 Å². The minimum absolute atomic E-state index is 0.197. The average Bonchev–Trinajstić information content (AvgIpc) is 3.55. The van der Waals surface area contributed by atoms with Crippen molar-refractivity contribution < 1.29 is 18.4 Å². The molecule has 1 atom stereocenters. The summed E-state index contributed by atoms with van der Waals surface area (Å²) in [6.07, 6.45) is 5.57. The molecule has 0 fully saturated rings. The highest BCUT2D eigenvalue weighted by atomic mass is 35.5. The summed E-state index contributed by atoms with van der Waals surface area (Å²) >= 11 is 6.21. The van der Waals surface area contributed by atoms with Gasteiger partial charge < -0.3 is 25.0 Å². The van der Waals surface area contributed by atoms with Gasteiger partial charge in [0.25, 0.3) is 0 Å². The summed E-state index contributed by atoms with van der Waals surface area (Å²) in [6.45, 7) is 5.23. The molecule has 232 valence electrons. The lowest BCUT2D eigenvalue weighted by Gasteiger charge is -2.20. The summed E-state index contributed by atoms with van der Waals surface area (Å²) in [6, 6.07) is 22.9. The van der Waals surface area contributed by atoms with Crippen molar-refractivity contribution in [1.82, 2.24) is 25.5 Å². The molecule has 0 unspecified atom stereocenters. The van der Waals surface area contributed by atoms with E-state index in [0.29, 0.717) is 49.0 Å². The van der Waals surface area contributed by atoms with Crippen LogP contribution in [0.1, 0.15) is 25.0 Å². The van der Waals surface area contributed by atoms with Crippen LogP contribution in [0.3, 0.4) is 0 Å². The monoisotopic (exact) mass is 637 g/mol. The number of tetrazole rings is 1. The number of anilines is 2. The molecule has 0 bridgehead atoms. The van der Waals surface area contributed by atoms with Crippen LogP contribution in [0.2, 0.25) is 5.02 Å². The Hall–Kier alpha value is -4.02. The standard InChI is InChI=1S/C31H37ClN7O4P/c1-3-42-44(41,43-4-2)19-18-33-27-12-14-28(15-13-27)34-22-29(20-24-8-6-5-7-9-24)36-31(40)17-10-25-21-26(32)11-16-30(25)39-23-35-37-38-39/h5-17,21,23,29,33-34H,3-4,18-20,22H2,1-2H3,(H,36,40)/b17-10+/t29-/m0/s1. The Kier molecular flexibility index (Phi) is 12.5. The summed E-state index contributed by atoms with van der Waals surface area (Å²) in [4.78, 5) is 13.1. The lowest BCUT2D eigenvalue weighted by Crippen LogP contribution is -2.40. The van der Waals surface area contributed by atoms with Gasteiger partial charge in [-0.25, -0.2) is 0 Å². The van der Waals surface area contributed by atoms with Crippen LogP contribution in [0.4, 0.5) is 11.4 Å². The molecular weight excluding hydrogens is 601 g/mol. The Morgan fingerprint density at radius 3 is 2.36 bits per heavy atom. The molecule has 4 aromatic rings. The Morgan fingerprint density at radius 2 is 1.70 bits per heavy atom. The van der Waals surface area contributed by atoms with Gasteiger partial charge in [0.05, 0.1) is 31.1 Å². The first kappa shape index (κ1) is 32.9. The molecule has 1 amide bonds. The predicted octanol–water partition coefficient (Wildman–Crippen LogP) is 5.85. The third-order valence-electron chi connectivity index (χ3n) is 6.47. The zero-order valence-corrected chi connectivity index (χ0v) is 26.4. The number of halogens is 1. The normalized spacial score (nSPS) is 12.2. The highest BCUT2D eigenvalue weighted by molar-refractivity contribution is 7.53. The second-order valence-corrected chi connectivity index (χ2v) is 12.4. The molecule has 0 saturated carbocycles. The van der Waals surface area contributed by atoms with Crippen molar-refractivity contribution in [2.24, 2.45) is 0 Å². The van der Waals surface area contributed by atoms with Crippen molar-refractivity contribution in [3.8, 4) is 5.69 Å². The Balaban J connectivity index is 1.37. The van der Waals surface area contributed by atoms with E-state index < -0.39 is 7.60 Å². The van der Waals surface area contributed by atoms with E-state index >= 15 is 0 Å². The molecule has 0 aliphatic heterocycles. The number of aromatic nitrogens is 4. The smallest absolute Gasteiger partial charge is 0.332 e. The fourth-order valence-corrected chi connectivity index (χ4v) is 6.16. The fraction of sp³-hybridized carbons (Fsp3) is 0.290. The van der Waals surface area contributed by atoms with Crippen LogP contribution in [-0.2, 0) is 24.8 Å². The lowest BCUT2D eigenvalue weighted by molar-refractivity contribution is -0.117. The van der Waals surface area contributed by atoms with Crippen LogP contribution < -0.4 is 16.0 Å². The van der Waals surface area contributed by atoms with Gasteiger partial charge >= 0.3 is 7.60 Å². The van der Waals surface area contributed by atoms with Crippen LogP contribution in [0.5, 0.6) is 0 Å². The Bertz CT molecular complexity index is 1530. The molecule has 0 radical (unpaired) electrons. The molecule has 4 rings (SSSR count).